The van der Waals surface area contributed by atoms with E-state index in [1.165, 1.54) is 0 Å². The average molecular weight is 232 g/mol. The standard InChI is InChI=1S/C2BrCl2F3/c3-1(4,6)2(5,7)8. The van der Waals surface area contributed by atoms with Crippen molar-refractivity contribution in [1.29, 1.82) is 0 Å². The first kappa shape index (κ1) is 8.85. The highest BCUT2D eigenvalue weighted by molar-refractivity contribution is 9.10. The van der Waals surface area contributed by atoms with Gasteiger partial charge in [0.25, 0.3) is 0 Å². The zero-order valence-corrected chi connectivity index (χ0v) is 6.37. The molecule has 0 aliphatic rings. The first-order valence-electron chi connectivity index (χ1n) is 1.38. The highest BCUT2D eigenvalue weighted by atomic mass is 79.9. The van der Waals surface area contributed by atoms with Gasteiger partial charge in [-0.15, -0.1) is 0 Å². The van der Waals surface area contributed by atoms with E-state index in [9.17, 15) is 13.2 Å². The fourth-order valence-corrected chi connectivity index (χ4v) is 0. The van der Waals surface area contributed by atoms with E-state index in [0.717, 1.165) is 0 Å². The van der Waals surface area contributed by atoms with Crippen molar-refractivity contribution in [1.82, 2.24) is 0 Å². The summed E-state index contributed by atoms with van der Waals surface area (Å²) in [7, 11) is 0. The van der Waals surface area contributed by atoms with Crippen LogP contribution in [0.3, 0.4) is 0 Å². The molecule has 0 heterocycles. The summed E-state index contributed by atoms with van der Waals surface area (Å²) >= 11 is 10.3. The molecule has 0 rings (SSSR count). The number of alkyl halides is 6. The minimum atomic E-state index is -4.07. The first-order chi connectivity index (χ1) is 3.25. The molecule has 1 unspecified atom stereocenters. The van der Waals surface area contributed by atoms with E-state index in [1.54, 1.807) is 0 Å². The second kappa shape index (κ2) is 2.23. The van der Waals surface area contributed by atoms with Crippen molar-refractivity contribution in [3.8, 4) is 0 Å². The Hall–Kier alpha value is 0.850. The van der Waals surface area contributed by atoms with Gasteiger partial charge in [0, 0.05) is 0 Å². The van der Waals surface area contributed by atoms with Gasteiger partial charge in [-0.2, -0.15) is 8.78 Å². The van der Waals surface area contributed by atoms with E-state index in [0.29, 0.717) is 0 Å². The Morgan fingerprint density at radius 3 is 1.25 bits per heavy atom. The second-order valence-corrected chi connectivity index (χ2v) is 3.54. The molecule has 0 aromatic rings. The Bertz CT molecular complexity index is 70.3. The predicted molar refractivity (Wildman–Crippen MR) is 29.4 cm³/mol. The summed E-state index contributed by atoms with van der Waals surface area (Å²) in [5.74, 6) is 0. The number of hydrogen-bond donors (Lipinski definition) is 0. The molecule has 8 heavy (non-hydrogen) atoms. The van der Waals surface area contributed by atoms with Crippen LogP contribution in [0.5, 0.6) is 0 Å². The van der Waals surface area contributed by atoms with E-state index in [2.05, 4.69) is 23.2 Å². The van der Waals surface area contributed by atoms with Crippen molar-refractivity contribution in [2.75, 3.05) is 0 Å². The number of rotatable bonds is 1. The molecule has 0 bridgehead atoms. The van der Waals surface area contributed by atoms with Crippen molar-refractivity contribution in [3.63, 3.8) is 0 Å². The summed E-state index contributed by atoms with van der Waals surface area (Å²) in [6.45, 7) is 0. The Labute approximate surface area is 62.1 Å². The molecular formula is C2BrCl2F3. The summed E-state index contributed by atoms with van der Waals surface area (Å²) in [5.41, 5.74) is 0. The van der Waals surface area contributed by atoms with Crippen molar-refractivity contribution in [2.45, 2.75) is 9.42 Å². The largest absolute Gasteiger partial charge is 0.379 e. The van der Waals surface area contributed by atoms with Gasteiger partial charge < -0.3 is 0 Å². The van der Waals surface area contributed by atoms with Gasteiger partial charge in [0.15, 0.2) is 0 Å². The van der Waals surface area contributed by atoms with Gasteiger partial charge in [-0.25, -0.2) is 4.39 Å². The SMILES string of the molecule is FC(F)(Cl)C(F)(Cl)Br. The Morgan fingerprint density at radius 2 is 1.25 bits per heavy atom. The molecule has 0 spiro atoms. The molecule has 0 aromatic carbocycles. The quantitative estimate of drug-likeness (QED) is 0.609. The van der Waals surface area contributed by atoms with Gasteiger partial charge in [0.1, 0.15) is 0 Å². The lowest BCUT2D eigenvalue weighted by Crippen LogP contribution is -2.26. The second-order valence-electron chi connectivity index (χ2n) is 0.996. The highest BCUT2D eigenvalue weighted by Crippen LogP contribution is 2.44. The van der Waals surface area contributed by atoms with Crippen molar-refractivity contribution >= 4 is 39.1 Å². The maximum atomic E-state index is 11.7. The van der Waals surface area contributed by atoms with Gasteiger partial charge in [0.2, 0.25) is 0 Å². The Balaban J connectivity index is 4.02. The molecule has 0 N–H and O–H groups in total. The van der Waals surface area contributed by atoms with Crippen LogP contribution in [-0.2, 0) is 0 Å². The fraction of sp³-hybridized carbons (Fsp3) is 1.00. The van der Waals surface area contributed by atoms with Crippen LogP contribution in [0.1, 0.15) is 0 Å². The van der Waals surface area contributed by atoms with E-state index < -0.39 is 9.42 Å². The van der Waals surface area contributed by atoms with Crippen molar-refractivity contribution in [2.24, 2.45) is 0 Å². The number of halogens is 6. The molecule has 0 nitrogen and oxygen atoms in total. The van der Waals surface area contributed by atoms with Crippen LogP contribution in [0, 0.1) is 0 Å². The molecule has 0 aromatic heterocycles. The third-order valence-electron chi connectivity index (χ3n) is 0.321. The normalized spacial score (nSPS) is 20.2. The van der Waals surface area contributed by atoms with Crippen LogP contribution >= 0.6 is 39.1 Å². The van der Waals surface area contributed by atoms with Gasteiger partial charge >= 0.3 is 9.42 Å². The lowest BCUT2D eigenvalue weighted by atomic mass is 10.8. The summed E-state index contributed by atoms with van der Waals surface area (Å²) in [4.78, 5) is 0. The zero-order valence-electron chi connectivity index (χ0n) is 3.27. The van der Waals surface area contributed by atoms with Crippen LogP contribution in [0.15, 0.2) is 0 Å². The Kier molecular flexibility index (Phi) is 2.47. The monoisotopic (exact) mass is 230 g/mol. The topological polar surface area (TPSA) is 0 Å². The fourth-order valence-electron chi connectivity index (χ4n) is 0. The molecule has 0 saturated carbocycles. The average Bonchev–Trinajstić information content (AvgIpc) is 1.25. The van der Waals surface area contributed by atoms with E-state index in [1.807, 2.05) is 15.9 Å². The van der Waals surface area contributed by atoms with E-state index in [-0.39, 0.29) is 0 Å². The minimum Gasteiger partial charge on any atom is -0.205 e. The number of hydrogen-bond acceptors (Lipinski definition) is 0. The molecule has 0 aliphatic heterocycles. The van der Waals surface area contributed by atoms with Gasteiger partial charge in [-0.3, -0.25) is 0 Å². The summed E-state index contributed by atoms with van der Waals surface area (Å²) in [6.07, 6.45) is 0. The molecule has 50 valence electrons. The minimum absolute atomic E-state index is 1.82. The van der Waals surface area contributed by atoms with Crippen LogP contribution in [0.2, 0.25) is 0 Å². The molecular weight excluding hydrogens is 232 g/mol. The third-order valence-corrected chi connectivity index (χ3v) is 1.64. The van der Waals surface area contributed by atoms with Gasteiger partial charge in [-0.1, -0.05) is 11.6 Å². The van der Waals surface area contributed by atoms with Crippen molar-refractivity contribution < 1.29 is 13.2 Å². The molecule has 6 heteroatoms. The molecule has 0 saturated heterocycles. The van der Waals surface area contributed by atoms with Crippen LogP contribution < -0.4 is 0 Å². The Morgan fingerprint density at radius 1 is 1.12 bits per heavy atom. The molecule has 0 aliphatic carbocycles. The first-order valence-corrected chi connectivity index (χ1v) is 2.93. The lowest BCUT2D eigenvalue weighted by Gasteiger charge is -2.14. The molecule has 0 amide bonds. The van der Waals surface area contributed by atoms with Crippen LogP contribution in [0.25, 0.3) is 0 Å². The smallest absolute Gasteiger partial charge is 0.205 e. The van der Waals surface area contributed by atoms with Gasteiger partial charge in [0.05, 0.1) is 0 Å². The summed E-state index contributed by atoms with van der Waals surface area (Å²) < 4.78 is 31.2. The maximum absolute atomic E-state index is 11.7. The maximum Gasteiger partial charge on any atom is 0.379 e. The van der Waals surface area contributed by atoms with Gasteiger partial charge in [-0.05, 0) is 27.5 Å². The molecule has 1 atom stereocenters. The molecule has 0 fully saturated rings. The van der Waals surface area contributed by atoms with Crippen LogP contribution in [0.4, 0.5) is 13.2 Å². The highest BCUT2D eigenvalue weighted by Gasteiger charge is 2.50. The van der Waals surface area contributed by atoms with E-state index >= 15 is 0 Å². The zero-order chi connectivity index (χ0) is 7.00. The summed E-state index contributed by atoms with van der Waals surface area (Å²) in [5, 5.41) is -4.07. The third kappa shape index (κ3) is 2.42. The molecule has 0 radical (unpaired) electrons. The van der Waals surface area contributed by atoms with Crippen LogP contribution in [-0.4, -0.2) is 9.42 Å². The lowest BCUT2D eigenvalue weighted by molar-refractivity contribution is 0.0317. The summed E-state index contributed by atoms with van der Waals surface area (Å²) in [6, 6.07) is 0. The predicted octanol–water partition coefficient (Wildman–Crippen LogP) is 3.08. The van der Waals surface area contributed by atoms with E-state index in [4.69, 9.17) is 0 Å². The van der Waals surface area contributed by atoms with Crippen molar-refractivity contribution in [3.05, 3.63) is 0 Å².